The van der Waals surface area contributed by atoms with Crippen LogP contribution in [0.2, 0.25) is 0 Å². The zero-order chi connectivity index (χ0) is 17.4. The molecule has 1 atom stereocenters. The van der Waals surface area contributed by atoms with Crippen molar-refractivity contribution in [2.75, 3.05) is 0 Å². The molecule has 3 aromatic heterocycles. The van der Waals surface area contributed by atoms with Crippen molar-refractivity contribution in [2.24, 2.45) is 13.0 Å². The number of rotatable bonds is 5. The second kappa shape index (κ2) is 6.33. The lowest BCUT2D eigenvalue weighted by Crippen LogP contribution is -2.48. The van der Waals surface area contributed by atoms with Crippen LogP contribution in [-0.2, 0) is 13.5 Å². The lowest BCUT2D eigenvalue weighted by molar-refractivity contribution is 0.0239. The highest BCUT2D eigenvalue weighted by molar-refractivity contribution is 6.00. The van der Waals surface area contributed by atoms with E-state index in [0.29, 0.717) is 5.56 Å². The van der Waals surface area contributed by atoms with E-state index in [1.807, 2.05) is 36.1 Å². The molecule has 2 N–H and O–H groups in total. The van der Waals surface area contributed by atoms with Crippen molar-refractivity contribution >= 4 is 11.6 Å². The molecule has 1 fully saturated rings. The normalized spacial score (nSPS) is 21.0. The molecular formula is C18H21N5O2. The van der Waals surface area contributed by atoms with Crippen molar-refractivity contribution in [1.29, 1.82) is 0 Å². The topological polar surface area (TPSA) is 84.5 Å². The number of amides is 1. The molecule has 3 heterocycles. The largest absolute Gasteiger partial charge is 0.393 e. The van der Waals surface area contributed by atoms with Crippen LogP contribution in [-0.4, -0.2) is 42.3 Å². The monoisotopic (exact) mass is 339 g/mol. The molecule has 0 aromatic carbocycles. The number of aliphatic hydroxyl groups is 1. The van der Waals surface area contributed by atoms with E-state index in [-0.39, 0.29) is 24.0 Å². The fraction of sp³-hybridized carbons (Fsp3) is 0.389. The van der Waals surface area contributed by atoms with E-state index < -0.39 is 0 Å². The van der Waals surface area contributed by atoms with Crippen molar-refractivity contribution in [3.8, 4) is 0 Å². The number of fused-ring (bicyclic) bond motifs is 1. The summed E-state index contributed by atoms with van der Waals surface area (Å²) < 4.78 is 3.58. The Morgan fingerprint density at radius 3 is 2.84 bits per heavy atom. The van der Waals surface area contributed by atoms with E-state index in [1.54, 1.807) is 23.1 Å². The summed E-state index contributed by atoms with van der Waals surface area (Å²) in [6.07, 6.45) is 10.7. The van der Waals surface area contributed by atoms with E-state index in [2.05, 4.69) is 15.4 Å². The fourth-order valence-corrected chi connectivity index (χ4v) is 3.52. The summed E-state index contributed by atoms with van der Waals surface area (Å²) in [7, 11) is 1.89. The fourth-order valence-electron chi connectivity index (χ4n) is 3.52. The molecule has 0 aliphatic heterocycles. The molecule has 7 heteroatoms. The molecule has 1 saturated carbocycles. The van der Waals surface area contributed by atoms with Crippen molar-refractivity contribution in [2.45, 2.75) is 31.4 Å². The Hall–Kier alpha value is -2.67. The minimum Gasteiger partial charge on any atom is -0.393 e. The zero-order valence-electron chi connectivity index (χ0n) is 14.0. The summed E-state index contributed by atoms with van der Waals surface area (Å²) in [5.74, 6) is 0.156. The highest BCUT2D eigenvalue weighted by Crippen LogP contribution is 2.32. The van der Waals surface area contributed by atoms with Crippen LogP contribution in [0.25, 0.3) is 5.65 Å². The number of hydrogen-bond donors (Lipinski definition) is 2. The molecule has 3 aromatic rings. The van der Waals surface area contributed by atoms with Gasteiger partial charge in [0, 0.05) is 37.9 Å². The van der Waals surface area contributed by atoms with E-state index >= 15 is 0 Å². The van der Waals surface area contributed by atoms with Gasteiger partial charge in [0.15, 0.2) is 0 Å². The second-order valence-corrected chi connectivity index (χ2v) is 6.76. The van der Waals surface area contributed by atoms with E-state index in [1.165, 1.54) is 0 Å². The smallest absolute Gasteiger partial charge is 0.256 e. The lowest BCUT2D eigenvalue weighted by Gasteiger charge is -2.38. The van der Waals surface area contributed by atoms with Crippen LogP contribution in [0.1, 0.15) is 28.8 Å². The number of nitrogens with one attached hydrogen (secondary N) is 1. The molecule has 25 heavy (non-hydrogen) atoms. The Balaban J connectivity index is 1.55. The molecule has 0 saturated heterocycles. The number of carbonyl (C=O) groups excluding carboxylic acids is 1. The first-order chi connectivity index (χ1) is 12.1. The molecule has 0 spiro atoms. The van der Waals surface area contributed by atoms with Crippen molar-refractivity contribution < 1.29 is 9.90 Å². The molecule has 1 amide bonds. The van der Waals surface area contributed by atoms with E-state index in [9.17, 15) is 9.90 Å². The summed E-state index contributed by atoms with van der Waals surface area (Å²) in [6, 6.07) is 3.90. The van der Waals surface area contributed by atoms with Crippen LogP contribution in [0.15, 0.2) is 43.1 Å². The maximum absolute atomic E-state index is 12.8. The molecule has 0 radical (unpaired) electrons. The maximum Gasteiger partial charge on any atom is 0.256 e. The third-order valence-electron chi connectivity index (χ3n) is 5.02. The SMILES string of the molecule is Cn1ccn2ncc(C(=O)NC(Cc3ccncc3)C3CC(O)C3)c12. The average Bonchev–Trinajstić information content (AvgIpc) is 3.16. The van der Waals surface area contributed by atoms with Gasteiger partial charge in [-0.1, -0.05) is 0 Å². The summed E-state index contributed by atoms with van der Waals surface area (Å²) in [4.78, 5) is 16.9. The summed E-state index contributed by atoms with van der Waals surface area (Å²) in [5, 5.41) is 17.1. The molecule has 1 aliphatic carbocycles. The minimum atomic E-state index is -0.252. The highest BCUT2D eigenvalue weighted by Gasteiger charge is 2.35. The number of imidazole rings is 1. The number of nitrogens with zero attached hydrogens (tertiary/aromatic N) is 4. The number of pyridine rings is 1. The van der Waals surface area contributed by atoms with Crippen molar-refractivity contribution in [3.63, 3.8) is 0 Å². The van der Waals surface area contributed by atoms with E-state index in [4.69, 9.17) is 0 Å². The standard InChI is InChI=1S/C18H21N5O2/c1-22-6-7-23-18(22)15(11-20-23)17(25)21-16(13-9-14(24)10-13)8-12-2-4-19-5-3-12/h2-7,11,13-14,16,24H,8-10H2,1H3,(H,21,25). The highest BCUT2D eigenvalue weighted by atomic mass is 16.3. The number of aliphatic hydroxyl groups excluding tert-OH is 1. The maximum atomic E-state index is 12.8. The predicted octanol–water partition coefficient (Wildman–Crippen LogP) is 1.18. The van der Waals surface area contributed by atoms with Crippen molar-refractivity contribution in [3.05, 3.63) is 54.2 Å². The Kier molecular flexibility index (Phi) is 4.01. The van der Waals surface area contributed by atoms with Gasteiger partial charge in [0.1, 0.15) is 11.2 Å². The average molecular weight is 339 g/mol. The lowest BCUT2D eigenvalue weighted by atomic mass is 9.75. The van der Waals surface area contributed by atoms with Crippen LogP contribution < -0.4 is 5.32 Å². The van der Waals surface area contributed by atoms with Crippen LogP contribution in [0, 0.1) is 5.92 Å². The summed E-state index contributed by atoms with van der Waals surface area (Å²) in [5.41, 5.74) is 2.46. The summed E-state index contributed by atoms with van der Waals surface area (Å²) in [6.45, 7) is 0. The first-order valence-corrected chi connectivity index (χ1v) is 8.48. The Morgan fingerprint density at radius 2 is 2.12 bits per heavy atom. The molecule has 4 rings (SSSR count). The van der Waals surface area contributed by atoms with Gasteiger partial charge in [-0.05, 0) is 42.9 Å². The third-order valence-corrected chi connectivity index (χ3v) is 5.02. The van der Waals surface area contributed by atoms with Crippen molar-refractivity contribution in [1.82, 2.24) is 24.5 Å². The Bertz CT molecular complexity index is 879. The predicted molar refractivity (Wildman–Crippen MR) is 92.1 cm³/mol. The van der Waals surface area contributed by atoms with Gasteiger partial charge in [-0.2, -0.15) is 5.10 Å². The second-order valence-electron chi connectivity index (χ2n) is 6.76. The zero-order valence-corrected chi connectivity index (χ0v) is 14.0. The van der Waals surface area contributed by atoms with E-state index in [0.717, 1.165) is 30.5 Å². The van der Waals surface area contributed by atoms with Gasteiger partial charge >= 0.3 is 0 Å². The summed E-state index contributed by atoms with van der Waals surface area (Å²) >= 11 is 0. The van der Waals surface area contributed by atoms with Gasteiger partial charge in [-0.15, -0.1) is 0 Å². The number of aromatic nitrogens is 4. The number of hydrogen-bond acceptors (Lipinski definition) is 4. The van der Waals surface area contributed by atoms with Crippen LogP contribution >= 0.6 is 0 Å². The molecule has 0 bridgehead atoms. The minimum absolute atomic E-state index is 0.0199. The number of aryl methyl sites for hydroxylation is 1. The molecule has 130 valence electrons. The quantitative estimate of drug-likeness (QED) is 0.731. The van der Waals surface area contributed by atoms with Gasteiger partial charge < -0.3 is 15.0 Å². The number of carbonyl (C=O) groups is 1. The first-order valence-electron chi connectivity index (χ1n) is 8.48. The van der Waals surface area contributed by atoms with Crippen LogP contribution in [0.3, 0.4) is 0 Å². The van der Waals surface area contributed by atoms with Gasteiger partial charge in [0.05, 0.1) is 12.3 Å². The molecule has 1 aliphatic rings. The van der Waals surface area contributed by atoms with Gasteiger partial charge in [-0.3, -0.25) is 9.78 Å². The molecule has 1 unspecified atom stereocenters. The van der Waals surface area contributed by atoms with Gasteiger partial charge in [0.25, 0.3) is 5.91 Å². The third kappa shape index (κ3) is 3.02. The van der Waals surface area contributed by atoms with Gasteiger partial charge in [-0.25, -0.2) is 4.52 Å². The Morgan fingerprint density at radius 1 is 1.36 bits per heavy atom. The molecule has 7 nitrogen and oxygen atoms in total. The van der Waals surface area contributed by atoms with Crippen LogP contribution in [0.4, 0.5) is 0 Å². The first kappa shape index (κ1) is 15.8. The molecular weight excluding hydrogens is 318 g/mol. The van der Waals surface area contributed by atoms with Gasteiger partial charge in [0.2, 0.25) is 0 Å². The Labute approximate surface area is 145 Å². The van der Waals surface area contributed by atoms with Crippen LogP contribution in [0.5, 0.6) is 0 Å².